The molecule has 5 nitrogen and oxygen atoms in total. The summed E-state index contributed by atoms with van der Waals surface area (Å²) in [6.07, 6.45) is 2.06. The lowest BCUT2D eigenvalue weighted by atomic mass is 9.74. The van der Waals surface area contributed by atoms with Gasteiger partial charge in [-0.1, -0.05) is 12.1 Å². The summed E-state index contributed by atoms with van der Waals surface area (Å²) in [5, 5.41) is 3.56. The van der Waals surface area contributed by atoms with Crippen LogP contribution in [0.4, 0.5) is 0 Å². The number of ether oxygens (including phenoxy) is 2. The lowest BCUT2D eigenvalue weighted by Crippen LogP contribution is -2.47. The molecule has 5 heteroatoms. The smallest absolute Gasteiger partial charge is 0.193 e. The third kappa shape index (κ3) is 3.04. The van der Waals surface area contributed by atoms with Crippen molar-refractivity contribution < 1.29 is 9.47 Å². The Kier molecular flexibility index (Phi) is 4.52. The number of guanidine groups is 1. The molecule has 0 radical (unpaired) electrons. The van der Waals surface area contributed by atoms with Crippen LogP contribution in [0.1, 0.15) is 18.4 Å². The molecule has 0 aromatic heterocycles. The molecule has 3 rings (SSSR count). The Morgan fingerprint density at radius 3 is 2.59 bits per heavy atom. The standard InChI is InChI=1S/C17H25N3O2/c1-20-10-9-18-16(20)19-13-17(7-11-22-12-8-17)14-3-5-15(21-2)6-4-14/h3-6H,7-13H2,1-2H3,(H,18,19). The molecule has 22 heavy (non-hydrogen) atoms. The first-order valence-electron chi connectivity index (χ1n) is 7.95. The van der Waals surface area contributed by atoms with E-state index < -0.39 is 0 Å². The Hall–Kier alpha value is -1.75. The molecule has 0 bridgehead atoms. The molecule has 0 saturated carbocycles. The number of benzene rings is 1. The van der Waals surface area contributed by atoms with Crippen LogP contribution in [-0.2, 0) is 10.2 Å². The lowest BCUT2D eigenvalue weighted by Gasteiger charge is -2.38. The van der Waals surface area contributed by atoms with Gasteiger partial charge in [-0.25, -0.2) is 0 Å². The Bertz CT molecular complexity index is 521. The summed E-state index contributed by atoms with van der Waals surface area (Å²) >= 11 is 0. The zero-order valence-corrected chi connectivity index (χ0v) is 13.5. The molecule has 120 valence electrons. The quantitative estimate of drug-likeness (QED) is 0.918. The summed E-state index contributed by atoms with van der Waals surface area (Å²) in [6.45, 7) is 4.41. The third-order valence-electron chi connectivity index (χ3n) is 4.80. The van der Waals surface area contributed by atoms with E-state index in [2.05, 4.69) is 34.4 Å². The van der Waals surface area contributed by atoms with Gasteiger partial charge in [0.1, 0.15) is 5.75 Å². The molecule has 2 aliphatic heterocycles. The van der Waals surface area contributed by atoms with Gasteiger partial charge in [0.15, 0.2) is 5.96 Å². The Balaban J connectivity index is 1.77. The van der Waals surface area contributed by atoms with Gasteiger partial charge in [0.05, 0.1) is 13.7 Å². The van der Waals surface area contributed by atoms with Crippen molar-refractivity contribution in [3.05, 3.63) is 29.8 Å². The highest BCUT2D eigenvalue weighted by Crippen LogP contribution is 2.35. The van der Waals surface area contributed by atoms with Crippen LogP contribution < -0.4 is 10.1 Å². The number of hydrogen-bond acceptors (Lipinski definition) is 5. The minimum atomic E-state index is 0.108. The van der Waals surface area contributed by atoms with Crippen LogP contribution in [0.2, 0.25) is 0 Å². The average molecular weight is 303 g/mol. The monoisotopic (exact) mass is 303 g/mol. The Labute approximate surface area is 132 Å². The van der Waals surface area contributed by atoms with Crippen LogP contribution in [0.25, 0.3) is 0 Å². The topological polar surface area (TPSA) is 46.1 Å². The van der Waals surface area contributed by atoms with E-state index in [1.54, 1.807) is 7.11 Å². The number of nitrogens with one attached hydrogen (secondary N) is 1. The highest BCUT2D eigenvalue weighted by Gasteiger charge is 2.35. The van der Waals surface area contributed by atoms with Crippen molar-refractivity contribution in [3.63, 3.8) is 0 Å². The van der Waals surface area contributed by atoms with Crippen LogP contribution in [0.15, 0.2) is 29.3 Å². The normalized spacial score (nSPS) is 20.6. The van der Waals surface area contributed by atoms with Gasteiger partial charge in [0, 0.05) is 38.8 Å². The summed E-state index contributed by atoms with van der Waals surface area (Å²) in [5.74, 6) is 1.91. The highest BCUT2D eigenvalue weighted by molar-refractivity contribution is 5.81. The van der Waals surface area contributed by atoms with E-state index in [1.165, 1.54) is 5.56 Å². The second-order valence-electron chi connectivity index (χ2n) is 6.10. The van der Waals surface area contributed by atoms with Crippen molar-refractivity contribution in [2.24, 2.45) is 4.99 Å². The van der Waals surface area contributed by atoms with Gasteiger partial charge in [0.2, 0.25) is 0 Å². The zero-order chi connectivity index (χ0) is 15.4. The number of nitrogens with zero attached hydrogens (tertiary/aromatic N) is 2. The molecule has 1 aromatic carbocycles. The number of aliphatic imine (C=N–C) groups is 1. The molecule has 1 saturated heterocycles. The molecular weight excluding hydrogens is 278 g/mol. The molecule has 1 N–H and O–H groups in total. The summed E-state index contributed by atoms with van der Waals surface area (Å²) < 4.78 is 10.9. The first-order chi connectivity index (χ1) is 10.7. The minimum absolute atomic E-state index is 0.108. The van der Waals surface area contributed by atoms with Gasteiger partial charge in [-0.2, -0.15) is 0 Å². The van der Waals surface area contributed by atoms with Gasteiger partial charge in [-0.05, 0) is 30.5 Å². The van der Waals surface area contributed by atoms with Gasteiger partial charge >= 0.3 is 0 Å². The van der Waals surface area contributed by atoms with Crippen LogP contribution in [-0.4, -0.2) is 57.9 Å². The van der Waals surface area contributed by atoms with E-state index in [9.17, 15) is 0 Å². The number of methoxy groups -OCH3 is 1. The van der Waals surface area contributed by atoms with E-state index in [-0.39, 0.29) is 5.41 Å². The maximum atomic E-state index is 5.59. The van der Waals surface area contributed by atoms with Crippen LogP contribution >= 0.6 is 0 Å². The fraction of sp³-hybridized carbons (Fsp3) is 0.588. The number of rotatable bonds is 4. The van der Waals surface area contributed by atoms with E-state index in [0.29, 0.717) is 0 Å². The first-order valence-corrected chi connectivity index (χ1v) is 7.95. The lowest BCUT2D eigenvalue weighted by molar-refractivity contribution is 0.0512. The molecule has 0 aliphatic carbocycles. The second kappa shape index (κ2) is 6.57. The first kappa shape index (κ1) is 15.2. The minimum Gasteiger partial charge on any atom is -0.497 e. The largest absolute Gasteiger partial charge is 0.497 e. The van der Waals surface area contributed by atoms with E-state index >= 15 is 0 Å². The van der Waals surface area contributed by atoms with Crippen molar-refractivity contribution in [1.29, 1.82) is 0 Å². The molecule has 0 spiro atoms. The average Bonchev–Trinajstić information content (AvgIpc) is 2.99. The highest BCUT2D eigenvalue weighted by atomic mass is 16.5. The summed E-state index contributed by atoms with van der Waals surface area (Å²) in [7, 11) is 3.79. The maximum absolute atomic E-state index is 5.59. The maximum Gasteiger partial charge on any atom is 0.193 e. The number of likely N-dealkylation sites (N-methyl/N-ethyl adjacent to an activating group) is 1. The molecular formula is C17H25N3O2. The molecule has 1 fully saturated rings. The predicted octanol–water partition coefficient (Wildman–Crippen LogP) is 1.63. The zero-order valence-electron chi connectivity index (χ0n) is 13.5. The van der Waals surface area contributed by atoms with Crippen molar-refractivity contribution >= 4 is 5.96 Å². The van der Waals surface area contributed by atoms with Crippen molar-refractivity contribution in [2.45, 2.75) is 18.3 Å². The van der Waals surface area contributed by atoms with Crippen LogP contribution in [0.3, 0.4) is 0 Å². The molecule has 0 amide bonds. The fourth-order valence-corrected chi connectivity index (χ4v) is 3.25. The molecule has 0 atom stereocenters. The summed E-state index contributed by atoms with van der Waals surface area (Å²) in [5.41, 5.74) is 1.46. The van der Waals surface area contributed by atoms with Gasteiger partial charge in [-0.3, -0.25) is 4.99 Å². The van der Waals surface area contributed by atoms with Gasteiger partial charge in [-0.15, -0.1) is 0 Å². The van der Waals surface area contributed by atoms with Gasteiger partial charge < -0.3 is 19.7 Å². The van der Waals surface area contributed by atoms with Crippen LogP contribution in [0, 0.1) is 0 Å². The number of hydrogen-bond donors (Lipinski definition) is 1. The van der Waals surface area contributed by atoms with Crippen molar-refractivity contribution in [2.75, 3.05) is 47.0 Å². The predicted molar refractivity (Wildman–Crippen MR) is 87.7 cm³/mol. The van der Waals surface area contributed by atoms with E-state index in [0.717, 1.165) is 57.4 Å². The second-order valence-corrected chi connectivity index (χ2v) is 6.10. The third-order valence-corrected chi connectivity index (χ3v) is 4.80. The molecule has 1 aromatic rings. The van der Waals surface area contributed by atoms with Gasteiger partial charge in [0.25, 0.3) is 0 Å². The SMILES string of the molecule is COc1ccc(C2(CNC3=NCCN3C)CCOCC2)cc1. The molecule has 2 heterocycles. The van der Waals surface area contributed by atoms with E-state index in [1.807, 2.05) is 12.1 Å². The van der Waals surface area contributed by atoms with Crippen molar-refractivity contribution in [1.82, 2.24) is 10.2 Å². The Morgan fingerprint density at radius 1 is 1.27 bits per heavy atom. The molecule has 0 unspecified atom stereocenters. The van der Waals surface area contributed by atoms with Crippen LogP contribution in [0.5, 0.6) is 5.75 Å². The summed E-state index contributed by atoms with van der Waals surface area (Å²) in [4.78, 5) is 6.72. The van der Waals surface area contributed by atoms with E-state index in [4.69, 9.17) is 9.47 Å². The fourth-order valence-electron chi connectivity index (χ4n) is 3.25. The Morgan fingerprint density at radius 2 is 2.00 bits per heavy atom. The summed E-state index contributed by atoms with van der Waals surface area (Å²) in [6, 6.07) is 8.47. The van der Waals surface area contributed by atoms with Crippen molar-refractivity contribution in [3.8, 4) is 5.75 Å². The molecule has 2 aliphatic rings.